The minimum absolute atomic E-state index is 0.419. The molecule has 0 saturated carbocycles. The Hall–Kier alpha value is -0.750. The average Bonchev–Trinajstić information content (AvgIpc) is 2.52. The highest BCUT2D eigenvalue weighted by atomic mass is 31.1. The second kappa shape index (κ2) is 3.55. The molecule has 2 heterocycles. The molecule has 0 aromatic carbocycles. The summed E-state index contributed by atoms with van der Waals surface area (Å²) in [5.74, 6) is 2.34. The first-order valence-electron chi connectivity index (χ1n) is 4.60. The van der Waals surface area contributed by atoms with Crippen LogP contribution in [-0.2, 0) is 0 Å². The minimum atomic E-state index is -0.419. The smallest absolute Gasteiger partial charge is 0.0767 e. The summed E-state index contributed by atoms with van der Waals surface area (Å²) in [6.45, 7) is 2.34. The molecule has 2 aliphatic rings. The van der Waals surface area contributed by atoms with Gasteiger partial charge in [0.2, 0.25) is 0 Å². The molecule has 2 aliphatic heterocycles. The summed E-state index contributed by atoms with van der Waals surface area (Å²) >= 11 is 0. The summed E-state index contributed by atoms with van der Waals surface area (Å²) in [5, 5.41) is 7.93. The highest BCUT2D eigenvalue weighted by Crippen LogP contribution is 2.29. The first-order valence-corrected chi connectivity index (χ1v) is 6.67. The Morgan fingerprint density at radius 2 is 2.38 bits per heavy atom. The number of hydrazone groups is 1. The Bertz CT molecular complexity index is 326. The van der Waals surface area contributed by atoms with Crippen molar-refractivity contribution in [3.63, 3.8) is 0 Å². The van der Waals surface area contributed by atoms with Crippen LogP contribution < -0.4 is 0 Å². The quantitative estimate of drug-likeness (QED) is 0.581. The van der Waals surface area contributed by atoms with Gasteiger partial charge in [0, 0.05) is 19.7 Å². The predicted molar refractivity (Wildman–Crippen MR) is 62.2 cm³/mol. The van der Waals surface area contributed by atoms with E-state index in [0.29, 0.717) is 6.04 Å². The molecule has 0 N–H and O–H groups in total. The topological polar surface area (TPSA) is 15.6 Å². The van der Waals surface area contributed by atoms with Crippen LogP contribution in [0.3, 0.4) is 0 Å². The predicted octanol–water partition coefficient (Wildman–Crippen LogP) is 1.78. The summed E-state index contributed by atoms with van der Waals surface area (Å²) in [6.07, 6.45) is 9.65. The lowest BCUT2D eigenvalue weighted by Gasteiger charge is -2.23. The highest BCUT2D eigenvalue weighted by Gasteiger charge is 2.21. The Kier molecular flexibility index (Phi) is 2.41. The van der Waals surface area contributed by atoms with Crippen LogP contribution in [0.25, 0.3) is 0 Å². The monoisotopic (exact) mass is 194 g/mol. The fraction of sp³-hybridized carbons (Fsp3) is 0.400. The Morgan fingerprint density at radius 1 is 1.54 bits per heavy atom. The first-order chi connectivity index (χ1) is 6.29. The molecule has 70 valence electrons. The van der Waals surface area contributed by atoms with E-state index in [-0.39, 0.29) is 0 Å². The van der Waals surface area contributed by atoms with E-state index < -0.39 is 7.55 Å². The maximum absolute atomic E-state index is 4.27. The zero-order chi connectivity index (χ0) is 9.26. The van der Waals surface area contributed by atoms with Gasteiger partial charge in [0.15, 0.2) is 0 Å². The lowest BCUT2D eigenvalue weighted by molar-refractivity contribution is 0.348. The zero-order valence-corrected chi connectivity index (χ0v) is 9.07. The molecule has 0 radical (unpaired) electrons. The van der Waals surface area contributed by atoms with Gasteiger partial charge in [-0.1, -0.05) is 31.6 Å². The lowest BCUT2D eigenvalue weighted by atomic mass is 10.1. The fourth-order valence-electron chi connectivity index (χ4n) is 1.80. The molecule has 0 fully saturated rings. The number of hydrogen-bond acceptors (Lipinski definition) is 2. The molecule has 0 aromatic heterocycles. The van der Waals surface area contributed by atoms with E-state index in [1.54, 1.807) is 5.29 Å². The molecular weight excluding hydrogens is 179 g/mol. The molecule has 0 saturated heterocycles. The van der Waals surface area contributed by atoms with Crippen LogP contribution in [0.5, 0.6) is 0 Å². The second-order valence-corrected chi connectivity index (χ2v) is 5.76. The lowest BCUT2D eigenvalue weighted by Crippen LogP contribution is -2.30. The molecule has 3 heteroatoms. The molecule has 0 bridgehead atoms. The van der Waals surface area contributed by atoms with E-state index in [2.05, 4.69) is 47.9 Å². The maximum Gasteiger partial charge on any atom is 0.0767 e. The van der Waals surface area contributed by atoms with Crippen molar-refractivity contribution >= 4 is 19.1 Å². The van der Waals surface area contributed by atoms with Gasteiger partial charge in [0.05, 0.1) is 6.04 Å². The van der Waals surface area contributed by atoms with Crippen molar-refractivity contribution < 1.29 is 0 Å². The molecular formula is C10H15N2P. The third kappa shape index (κ3) is 1.64. The average molecular weight is 194 g/mol. The minimum Gasteiger partial charge on any atom is -0.293 e. The molecule has 2 nitrogen and oxygen atoms in total. The number of nitrogens with zero attached hydrogens (tertiary/aromatic N) is 2. The maximum atomic E-state index is 4.27. The molecule has 0 spiro atoms. The third-order valence-corrected chi connectivity index (χ3v) is 4.69. The van der Waals surface area contributed by atoms with Gasteiger partial charge in [-0.2, -0.15) is 5.10 Å². The summed E-state index contributed by atoms with van der Waals surface area (Å²) in [4.78, 5) is 0. The molecule has 0 aromatic rings. The van der Waals surface area contributed by atoms with Crippen LogP contribution in [0.2, 0.25) is 0 Å². The van der Waals surface area contributed by atoms with Crippen molar-refractivity contribution in [1.82, 2.24) is 5.01 Å². The number of allylic oxidation sites excluding steroid dienone is 2. The van der Waals surface area contributed by atoms with Gasteiger partial charge in [0.25, 0.3) is 0 Å². The Labute approximate surface area is 80.0 Å². The van der Waals surface area contributed by atoms with Crippen molar-refractivity contribution in [2.75, 3.05) is 13.7 Å². The van der Waals surface area contributed by atoms with Gasteiger partial charge < -0.3 is 0 Å². The fourth-order valence-corrected chi connectivity index (χ4v) is 3.58. The second-order valence-electron chi connectivity index (χ2n) is 3.48. The first kappa shape index (κ1) is 8.83. The molecule has 0 amide bonds. The van der Waals surface area contributed by atoms with Crippen molar-refractivity contribution in [3.05, 3.63) is 24.0 Å². The standard InChI is InChI=1S/C10H15N2P/c1-12-9(6-7-11-12)10-5-3-4-8-13(10)2/h3-5,7-9,13H,6H2,1-2H3. The van der Waals surface area contributed by atoms with Crippen LogP contribution in [0.15, 0.2) is 29.1 Å². The zero-order valence-electron chi connectivity index (χ0n) is 8.07. The van der Waals surface area contributed by atoms with Crippen molar-refractivity contribution in [2.45, 2.75) is 12.5 Å². The van der Waals surface area contributed by atoms with Crippen LogP contribution in [0.4, 0.5) is 0 Å². The van der Waals surface area contributed by atoms with Crippen LogP contribution >= 0.6 is 7.55 Å². The van der Waals surface area contributed by atoms with Gasteiger partial charge in [0.1, 0.15) is 0 Å². The molecule has 2 unspecified atom stereocenters. The van der Waals surface area contributed by atoms with Crippen molar-refractivity contribution in [2.24, 2.45) is 5.10 Å². The number of hydrogen-bond donors (Lipinski definition) is 0. The molecule has 2 atom stereocenters. The van der Waals surface area contributed by atoms with Crippen LogP contribution in [0.1, 0.15) is 6.42 Å². The van der Waals surface area contributed by atoms with E-state index in [9.17, 15) is 0 Å². The largest absolute Gasteiger partial charge is 0.293 e. The van der Waals surface area contributed by atoms with Crippen molar-refractivity contribution in [3.8, 4) is 0 Å². The molecule has 2 rings (SSSR count). The summed E-state index contributed by atoms with van der Waals surface area (Å²) in [5.41, 5.74) is 0. The Morgan fingerprint density at radius 3 is 3.00 bits per heavy atom. The van der Waals surface area contributed by atoms with Gasteiger partial charge in [-0.15, -0.1) is 0 Å². The van der Waals surface area contributed by atoms with Gasteiger partial charge in [-0.25, -0.2) is 0 Å². The summed E-state index contributed by atoms with van der Waals surface area (Å²) in [7, 11) is 1.64. The third-order valence-electron chi connectivity index (χ3n) is 2.59. The van der Waals surface area contributed by atoms with Crippen LogP contribution in [-0.4, -0.2) is 36.3 Å². The van der Waals surface area contributed by atoms with E-state index >= 15 is 0 Å². The molecule has 0 aliphatic carbocycles. The van der Waals surface area contributed by atoms with Gasteiger partial charge in [-0.05, 0) is 12.0 Å². The van der Waals surface area contributed by atoms with Crippen LogP contribution in [0, 0.1) is 0 Å². The summed E-state index contributed by atoms with van der Waals surface area (Å²) < 4.78 is 0. The molecule has 13 heavy (non-hydrogen) atoms. The number of rotatable bonds is 1. The van der Waals surface area contributed by atoms with Crippen molar-refractivity contribution in [1.29, 1.82) is 0 Å². The van der Waals surface area contributed by atoms with E-state index in [1.165, 1.54) is 0 Å². The SMILES string of the molecule is CN1N=CCC1C1=[PH](C)C=CC=C1. The van der Waals surface area contributed by atoms with E-state index in [1.807, 2.05) is 6.21 Å². The van der Waals surface area contributed by atoms with E-state index in [0.717, 1.165) is 6.42 Å². The van der Waals surface area contributed by atoms with Gasteiger partial charge in [-0.3, -0.25) is 5.01 Å². The summed E-state index contributed by atoms with van der Waals surface area (Å²) in [6, 6.07) is 0.528. The van der Waals surface area contributed by atoms with Gasteiger partial charge >= 0.3 is 0 Å². The van der Waals surface area contributed by atoms with E-state index in [4.69, 9.17) is 0 Å². The normalized spacial score (nSPS) is 31.8. The Balaban J connectivity index is 2.26. The highest BCUT2D eigenvalue weighted by molar-refractivity contribution is 7.61.